The van der Waals surface area contributed by atoms with Gasteiger partial charge < -0.3 is 9.84 Å². The van der Waals surface area contributed by atoms with Gasteiger partial charge in [-0.15, -0.1) is 0 Å². The van der Waals surface area contributed by atoms with E-state index in [9.17, 15) is 9.90 Å². The molecule has 0 aromatic heterocycles. The van der Waals surface area contributed by atoms with Crippen LogP contribution in [-0.4, -0.2) is 16.8 Å². The highest BCUT2D eigenvalue weighted by Gasteiger charge is 2.34. The van der Waals surface area contributed by atoms with Crippen LogP contribution < -0.4 is 10.2 Å². The van der Waals surface area contributed by atoms with Gasteiger partial charge in [-0.2, -0.15) is 5.10 Å². The zero-order valence-electron chi connectivity index (χ0n) is 14.5. The first-order valence-corrected chi connectivity index (χ1v) is 8.69. The highest BCUT2D eigenvalue weighted by molar-refractivity contribution is 6.06. The second-order valence-electron chi connectivity index (χ2n) is 6.27. The van der Waals surface area contributed by atoms with Gasteiger partial charge in [0.2, 0.25) is 0 Å². The number of carbonyl (C=O) groups excluding carboxylic acids is 1. The van der Waals surface area contributed by atoms with Gasteiger partial charge in [-0.05, 0) is 30.3 Å². The zero-order chi connectivity index (χ0) is 18.6. The van der Waals surface area contributed by atoms with E-state index in [1.807, 2.05) is 54.6 Å². The average Bonchev–Trinajstić information content (AvgIpc) is 3.01. The van der Waals surface area contributed by atoms with Crippen LogP contribution in [0, 0.1) is 0 Å². The standard InChI is InChI=1S/C22H18N2O3/c25-20-12-6-4-11-17(20)19(24-23-15-8-2-1-3-9-15)14-18-16-10-5-7-13-21(16)27-22(18)26/h1-13,18,23,25H,14H2/b24-19-. The molecule has 3 aromatic rings. The lowest BCUT2D eigenvalue weighted by Crippen LogP contribution is -2.16. The lowest BCUT2D eigenvalue weighted by molar-refractivity contribution is -0.133. The zero-order valence-corrected chi connectivity index (χ0v) is 14.5. The highest BCUT2D eigenvalue weighted by atomic mass is 16.5. The highest BCUT2D eigenvalue weighted by Crippen LogP contribution is 2.38. The molecule has 0 amide bonds. The number of esters is 1. The quantitative estimate of drug-likeness (QED) is 0.309. The third kappa shape index (κ3) is 3.53. The maximum Gasteiger partial charge on any atom is 0.319 e. The van der Waals surface area contributed by atoms with E-state index in [-0.39, 0.29) is 11.7 Å². The smallest absolute Gasteiger partial charge is 0.319 e. The Morgan fingerprint density at radius 3 is 2.48 bits per heavy atom. The fourth-order valence-corrected chi connectivity index (χ4v) is 3.13. The molecule has 0 spiro atoms. The van der Waals surface area contributed by atoms with Gasteiger partial charge in [0, 0.05) is 17.5 Å². The molecule has 5 nitrogen and oxygen atoms in total. The normalized spacial score (nSPS) is 15.9. The monoisotopic (exact) mass is 358 g/mol. The molecule has 0 bridgehead atoms. The number of nitrogens with zero attached hydrogens (tertiary/aromatic N) is 1. The summed E-state index contributed by atoms with van der Waals surface area (Å²) >= 11 is 0. The van der Waals surface area contributed by atoms with Crippen LogP contribution >= 0.6 is 0 Å². The number of carbonyl (C=O) groups is 1. The van der Waals surface area contributed by atoms with Crippen LogP contribution in [0.25, 0.3) is 0 Å². The Morgan fingerprint density at radius 1 is 0.963 bits per heavy atom. The van der Waals surface area contributed by atoms with Crippen LogP contribution in [0.3, 0.4) is 0 Å². The number of hydrazone groups is 1. The van der Waals surface area contributed by atoms with Gasteiger partial charge in [-0.3, -0.25) is 10.2 Å². The molecular formula is C22H18N2O3. The van der Waals surface area contributed by atoms with Crippen molar-refractivity contribution < 1.29 is 14.6 Å². The number of aromatic hydroxyl groups is 1. The number of para-hydroxylation sites is 3. The number of phenolic OH excluding ortho intramolecular Hbond substituents is 1. The van der Waals surface area contributed by atoms with Crippen LogP contribution in [0.15, 0.2) is 84.0 Å². The Hall–Kier alpha value is -3.60. The number of hydrogen-bond acceptors (Lipinski definition) is 5. The Bertz CT molecular complexity index is 999. The molecule has 134 valence electrons. The summed E-state index contributed by atoms with van der Waals surface area (Å²) in [4.78, 5) is 12.4. The Morgan fingerprint density at radius 2 is 1.67 bits per heavy atom. The van der Waals surface area contributed by atoms with Crippen molar-refractivity contribution in [1.82, 2.24) is 0 Å². The summed E-state index contributed by atoms with van der Waals surface area (Å²) in [6.07, 6.45) is 0.313. The molecule has 0 aliphatic carbocycles. The van der Waals surface area contributed by atoms with Crippen LogP contribution in [0.5, 0.6) is 11.5 Å². The van der Waals surface area contributed by atoms with Gasteiger partial charge in [-0.1, -0.05) is 48.5 Å². The predicted octanol–water partition coefficient (Wildman–Crippen LogP) is 4.30. The number of rotatable bonds is 5. The summed E-state index contributed by atoms with van der Waals surface area (Å²) in [6.45, 7) is 0. The van der Waals surface area contributed by atoms with Crippen molar-refractivity contribution in [3.63, 3.8) is 0 Å². The summed E-state index contributed by atoms with van der Waals surface area (Å²) < 4.78 is 5.37. The van der Waals surface area contributed by atoms with Crippen molar-refractivity contribution in [2.75, 3.05) is 5.43 Å². The van der Waals surface area contributed by atoms with Gasteiger partial charge in [0.05, 0.1) is 17.3 Å². The number of benzene rings is 3. The molecule has 5 heteroatoms. The first-order valence-electron chi connectivity index (χ1n) is 8.69. The van der Waals surface area contributed by atoms with E-state index < -0.39 is 5.92 Å². The average molecular weight is 358 g/mol. The largest absolute Gasteiger partial charge is 0.507 e. The van der Waals surface area contributed by atoms with E-state index >= 15 is 0 Å². The summed E-state index contributed by atoms with van der Waals surface area (Å²) in [6, 6.07) is 23.9. The summed E-state index contributed by atoms with van der Waals surface area (Å²) in [5.41, 5.74) is 5.83. The summed E-state index contributed by atoms with van der Waals surface area (Å²) in [5.74, 6) is -0.0675. The first-order chi connectivity index (χ1) is 13.2. The van der Waals surface area contributed by atoms with E-state index in [0.717, 1.165) is 11.3 Å². The van der Waals surface area contributed by atoms with Crippen molar-refractivity contribution in [2.45, 2.75) is 12.3 Å². The molecule has 2 N–H and O–H groups in total. The predicted molar refractivity (Wildman–Crippen MR) is 104 cm³/mol. The minimum Gasteiger partial charge on any atom is -0.507 e. The van der Waals surface area contributed by atoms with Crippen LogP contribution in [0.1, 0.15) is 23.5 Å². The lowest BCUT2D eigenvalue weighted by Gasteiger charge is -2.13. The number of anilines is 1. The van der Waals surface area contributed by atoms with Gasteiger partial charge in [0.25, 0.3) is 0 Å². The van der Waals surface area contributed by atoms with E-state index in [4.69, 9.17) is 4.74 Å². The molecule has 1 heterocycles. The van der Waals surface area contributed by atoms with E-state index in [0.29, 0.717) is 23.4 Å². The first kappa shape index (κ1) is 16.8. The second-order valence-corrected chi connectivity index (χ2v) is 6.27. The minimum absolute atomic E-state index is 0.116. The van der Waals surface area contributed by atoms with Crippen LogP contribution in [0.2, 0.25) is 0 Å². The van der Waals surface area contributed by atoms with Crippen molar-refractivity contribution in [2.24, 2.45) is 5.10 Å². The number of phenols is 1. The third-order valence-corrected chi connectivity index (χ3v) is 4.50. The van der Waals surface area contributed by atoms with Crippen LogP contribution in [0.4, 0.5) is 5.69 Å². The molecule has 27 heavy (non-hydrogen) atoms. The van der Waals surface area contributed by atoms with Crippen molar-refractivity contribution >= 4 is 17.4 Å². The molecule has 1 atom stereocenters. The summed E-state index contributed by atoms with van der Waals surface area (Å²) in [7, 11) is 0. The second kappa shape index (κ2) is 7.33. The number of fused-ring (bicyclic) bond motifs is 1. The molecule has 1 unspecified atom stereocenters. The molecule has 0 saturated heterocycles. The molecule has 0 radical (unpaired) electrons. The number of hydrogen-bond donors (Lipinski definition) is 2. The molecule has 0 saturated carbocycles. The fraction of sp³-hybridized carbons (Fsp3) is 0.0909. The van der Waals surface area contributed by atoms with E-state index in [1.54, 1.807) is 24.3 Å². The van der Waals surface area contributed by atoms with E-state index in [2.05, 4.69) is 10.5 Å². The fourth-order valence-electron chi connectivity index (χ4n) is 3.13. The summed E-state index contributed by atoms with van der Waals surface area (Å²) in [5, 5.41) is 14.8. The topological polar surface area (TPSA) is 70.9 Å². The maximum absolute atomic E-state index is 12.4. The Kier molecular flexibility index (Phi) is 4.58. The van der Waals surface area contributed by atoms with E-state index in [1.165, 1.54) is 0 Å². The molecule has 3 aromatic carbocycles. The van der Waals surface area contributed by atoms with Crippen molar-refractivity contribution in [3.05, 3.63) is 90.0 Å². The van der Waals surface area contributed by atoms with Crippen molar-refractivity contribution in [1.29, 1.82) is 0 Å². The molecule has 1 aliphatic rings. The van der Waals surface area contributed by atoms with Gasteiger partial charge in [-0.25, -0.2) is 0 Å². The molecular weight excluding hydrogens is 340 g/mol. The number of nitrogens with one attached hydrogen (secondary N) is 1. The number of ether oxygens (including phenoxy) is 1. The maximum atomic E-state index is 12.4. The molecule has 4 rings (SSSR count). The van der Waals surface area contributed by atoms with Crippen molar-refractivity contribution in [3.8, 4) is 11.5 Å². The minimum atomic E-state index is -0.461. The Balaban J connectivity index is 1.68. The molecule has 1 aliphatic heterocycles. The van der Waals surface area contributed by atoms with Gasteiger partial charge in [0.15, 0.2) is 0 Å². The van der Waals surface area contributed by atoms with Gasteiger partial charge >= 0.3 is 5.97 Å². The van der Waals surface area contributed by atoms with Crippen LogP contribution in [-0.2, 0) is 4.79 Å². The Labute approximate surface area is 156 Å². The lowest BCUT2D eigenvalue weighted by atomic mass is 9.92. The van der Waals surface area contributed by atoms with Gasteiger partial charge in [0.1, 0.15) is 11.5 Å². The SMILES string of the molecule is O=C1Oc2ccccc2C1C/C(=N/Nc1ccccc1)c1ccccc1O. The third-order valence-electron chi connectivity index (χ3n) is 4.50. The molecule has 0 fully saturated rings.